The summed E-state index contributed by atoms with van der Waals surface area (Å²) in [6, 6.07) is 7.18. The fourth-order valence-electron chi connectivity index (χ4n) is 4.60. The van der Waals surface area contributed by atoms with Crippen LogP contribution in [0.3, 0.4) is 0 Å². The van der Waals surface area contributed by atoms with Gasteiger partial charge in [-0.3, -0.25) is 9.79 Å². The van der Waals surface area contributed by atoms with Gasteiger partial charge in [0.1, 0.15) is 17.9 Å². The molecule has 7 heteroatoms. The number of aliphatic imine (C=N–C) groups is 1. The second-order valence-corrected chi connectivity index (χ2v) is 8.37. The summed E-state index contributed by atoms with van der Waals surface area (Å²) in [7, 11) is 1.53. The zero-order valence-electron chi connectivity index (χ0n) is 18.5. The molecule has 3 rings (SSSR count). The highest BCUT2D eigenvalue weighted by molar-refractivity contribution is 6.23. The van der Waals surface area contributed by atoms with Gasteiger partial charge in [-0.15, -0.1) is 0 Å². The quantitative estimate of drug-likeness (QED) is 0.512. The molecule has 1 amide bonds. The number of hydrogen-bond acceptors (Lipinski definition) is 5. The molecule has 0 spiro atoms. The van der Waals surface area contributed by atoms with E-state index >= 15 is 0 Å². The third-order valence-corrected chi connectivity index (χ3v) is 6.40. The number of hydrogen-bond donors (Lipinski definition) is 2. The maximum absolute atomic E-state index is 13.0. The first kappa shape index (κ1) is 22.8. The summed E-state index contributed by atoms with van der Waals surface area (Å²) >= 11 is 0. The predicted octanol–water partition coefficient (Wildman–Crippen LogP) is 3.48. The number of carboxylic acids is 1. The minimum atomic E-state index is -1.13. The van der Waals surface area contributed by atoms with E-state index in [1.54, 1.807) is 25.1 Å². The van der Waals surface area contributed by atoms with Gasteiger partial charge < -0.3 is 20.5 Å². The topological polar surface area (TPSA) is 105 Å². The van der Waals surface area contributed by atoms with Gasteiger partial charge in [-0.25, -0.2) is 4.79 Å². The second-order valence-electron chi connectivity index (χ2n) is 8.37. The molecule has 2 aliphatic rings. The van der Waals surface area contributed by atoms with Gasteiger partial charge >= 0.3 is 5.97 Å². The Labute approximate surface area is 184 Å². The number of carboxylic acid groups (broad SMARTS) is 1. The van der Waals surface area contributed by atoms with Crippen molar-refractivity contribution < 1.29 is 19.4 Å². The molecule has 168 valence electrons. The van der Waals surface area contributed by atoms with E-state index in [2.05, 4.69) is 4.99 Å². The minimum absolute atomic E-state index is 0.0329. The number of amides is 1. The number of ether oxygens (including phenoxy) is 1. The molecule has 1 unspecified atom stereocenters. The molecule has 1 aliphatic carbocycles. The Hall–Kier alpha value is -2.83. The SMILES string of the molecule is C/N=C(C)\C(C(=O)O)=C(\N)c1ccccc1OCC1CCCN1C(=O)C1CCCCC1. The zero-order chi connectivity index (χ0) is 22.4. The summed E-state index contributed by atoms with van der Waals surface area (Å²) in [5.41, 5.74) is 7.20. The highest BCUT2D eigenvalue weighted by Crippen LogP contribution is 2.30. The van der Waals surface area contributed by atoms with Gasteiger partial charge in [-0.1, -0.05) is 31.4 Å². The molecule has 1 heterocycles. The zero-order valence-corrected chi connectivity index (χ0v) is 18.5. The maximum atomic E-state index is 13.0. The lowest BCUT2D eigenvalue weighted by Gasteiger charge is -2.30. The number of aliphatic carboxylic acids is 1. The van der Waals surface area contributed by atoms with E-state index in [1.165, 1.54) is 13.5 Å². The van der Waals surface area contributed by atoms with Gasteiger partial charge in [0.05, 0.1) is 11.7 Å². The lowest BCUT2D eigenvalue weighted by Crippen LogP contribution is -2.42. The molecule has 7 nitrogen and oxygen atoms in total. The lowest BCUT2D eigenvalue weighted by atomic mass is 9.88. The molecular weight excluding hydrogens is 394 g/mol. The Morgan fingerprint density at radius 2 is 1.87 bits per heavy atom. The van der Waals surface area contributed by atoms with Crippen molar-refractivity contribution in [3.63, 3.8) is 0 Å². The number of rotatable bonds is 7. The van der Waals surface area contributed by atoms with Crippen molar-refractivity contribution in [1.29, 1.82) is 0 Å². The van der Waals surface area contributed by atoms with Crippen molar-refractivity contribution in [1.82, 2.24) is 4.90 Å². The average molecular weight is 428 g/mol. The van der Waals surface area contributed by atoms with Crippen molar-refractivity contribution in [2.45, 2.75) is 57.9 Å². The number of carbonyl (C=O) groups excluding carboxylic acids is 1. The van der Waals surface area contributed by atoms with Crippen LogP contribution in [-0.4, -0.2) is 53.8 Å². The smallest absolute Gasteiger partial charge is 0.339 e. The van der Waals surface area contributed by atoms with Gasteiger partial charge in [0.2, 0.25) is 5.91 Å². The first-order valence-electron chi connectivity index (χ1n) is 11.1. The Morgan fingerprint density at radius 3 is 2.55 bits per heavy atom. The molecule has 1 aliphatic heterocycles. The van der Waals surface area contributed by atoms with Crippen LogP contribution in [0.15, 0.2) is 34.8 Å². The van der Waals surface area contributed by atoms with Gasteiger partial charge in [0.15, 0.2) is 0 Å². The van der Waals surface area contributed by atoms with E-state index in [-0.39, 0.29) is 29.1 Å². The molecule has 1 saturated heterocycles. The number of nitrogens with two attached hydrogens (primary N) is 1. The summed E-state index contributed by atoms with van der Waals surface area (Å²) in [6.45, 7) is 2.77. The van der Waals surface area contributed by atoms with E-state index in [0.717, 1.165) is 45.1 Å². The molecule has 1 saturated carbocycles. The van der Waals surface area contributed by atoms with E-state index in [1.807, 2.05) is 11.0 Å². The van der Waals surface area contributed by atoms with Gasteiger partial charge in [0.25, 0.3) is 0 Å². The highest BCUT2D eigenvalue weighted by Gasteiger charge is 2.34. The van der Waals surface area contributed by atoms with Gasteiger partial charge in [-0.2, -0.15) is 0 Å². The van der Waals surface area contributed by atoms with Gasteiger partial charge in [0, 0.05) is 30.8 Å². The minimum Gasteiger partial charge on any atom is -0.491 e. The van der Waals surface area contributed by atoms with Crippen LogP contribution < -0.4 is 10.5 Å². The van der Waals surface area contributed by atoms with E-state index < -0.39 is 5.97 Å². The summed E-state index contributed by atoms with van der Waals surface area (Å²) in [5.74, 6) is -0.203. The molecule has 0 aromatic heterocycles. The van der Waals surface area contributed by atoms with Crippen LogP contribution in [0.2, 0.25) is 0 Å². The molecule has 31 heavy (non-hydrogen) atoms. The van der Waals surface area contributed by atoms with Crippen LogP contribution >= 0.6 is 0 Å². The first-order valence-corrected chi connectivity index (χ1v) is 11.1. The number of para-hydroxylation sites is 1. The van der Waals surface area contributed by atoms with Crippen molar-refractivity contribution in [2.75, 3.05) is 20.2 Å². The molecule has 3 N–H and O–H groups in total. The summed E-state index contributed by atoms with van der Waals surface area (Å²) in [6.07, 6.45) is 7.36. The Kier molecular flexibility index (Phi) is 7.71. The summed E-state index contributed by atoms with van der Waals surface area (Å²) in [4.78, 5) is 30.8. The molecule has 2 fully saturated rings. The standard InChI is InChI=1S/C24H33N3O4/c1-16(26-2)21(24(29)30)22(25)19-12-6-7-13-20(19)31-15-18-11-8-14-27(18)23(28)17-9-4-3-5-10-17/h6-7,12-13,17-18H,3-5,8-11,14-15,25H2,1-2H3,(H,29,30)/b22-21-,26-16-. The Morgan fingerprint density at radius 1 is 1.16 bits per heavy atom. The molecule has 0 bridgehead atoms. The van der Waals surface area contributed by atoms with Crippen molar-refractivity contribution >= 4 is 23.3 Å². The van der Waals surface area contributed by atoms with Crippen LogP contribution in [0.1, 0.15) is 57.4 Å². The van der Waals surface area contributed by atoms with Crippen LogP contribution in [-0.2, 0) is 9.59 Å². The molecule has 1 aromatic rings. The highest BCUT2D eigenvalue weighted by atomic mass is 16.5. The number of benzene rings is 1. The van der Waals surface area contributed by atoms with Crippen LogP contribution in [0.4, 0.5) is 0 Å². The predicted molar refractivity (Wildman–Crippen MR) is 121 cm³/mol. The fraction of sp³-hybridized carbons (Fsp3) is 0.542. The summed E-state index contributed by atoms with van der Waals surface area (Å²) < 4.78 is 6.11. The number of nitrogens with zero attached hydrogens (tertiary/aromatic N) is 2. The third kappa shape index (κ3) is 5.27. The maximum Gasteiger partial charge on any atom is 0.339 e. The van der Waals surface area contributed by atoms with Crippen LogP contribution in [0.5, 0.6) is 5.75 Å². The number of likely N-dealkylation sites (tertiary alicyclic amines) is 1. The first-order chi connectivity index (χ1) is 14.9. The second kappa shape index (κ2) is 10.5. The van der Waals surface area contributed by atoms with E-state index in [9.17, 15) is 14.7 Å². The third-order valence-electron chi connectivity index (χ3n) is 6.40. The van der Waals surface area contributed by atoms with Crippen molar-refractivity contribution in [3.8, 4) is 5.75 Å². The Bertz CT molecular complexity index is 871. The Balaban J connectivity index is 1.76. The lowest BCUT2D eigenvalue weighted by molar-refractivity contribution is -0.138. The average Bonchev–Trinajstić information content (AvgIpc) is 3.26. The summed E-state index contributed by atoms with van der Waals surface area (Å²) in [5, 5.41) is 9.62. The normalized spacial score (nSPS) is 21.0. The molecule has 0 radical (unpaired) electrons. The van der Waals surface area contributed by atoms with Crippen LogP contribution in [0.25, 0.3) is 5.70 Å². The largest absolute Gasteiger partial charge is 0.491 e. The number of carbonyl (C=O) groups is 2. The van der Waals surface area contributed by atoms with Gasteiger partial charge in [-0.05, 0) is 44.7 Å². The fourth-order valence-corrected chi connectivity index (χ4v) is 4.60. The van der Waals surface area contributed by atoms with E-state index in [4.69, 9.17) is 10.5 Å². The van der Waals surface area contributed by atoms with Crippen molar-refractivity contribution in [3.05, 3.63) is 35.4 Å². The molecule has 1 aromatic carbocycles. The monoisotopic (exact) mass is 427 g/mol. The van der Waals surface area contributed by atoms with Crippen molar-refractivity contribution in [2.24, 2.45) is 16.6 Å². The van der Waals surface area contributed by atoms with Crippen LogP contribution in [0, 0.1) is 5.92 Å². The molecular formula is C24H33N3O4. The molecule has 1 atom stereocenters. The van der Waals surface area contributed by atoms with E-state index in [0.29, 0.717) is 23.6 Å².